The fourth-order valence-electron chi connectivity index (χ4n) is 2.17. The molecule has 0 heterocycles. The monoisotopic (exact) mass is 340 g/mol. The Morgan fingerprint density at radius 1 is 0.800 bits per heavy atom. The summed E-state index contributed by atoms with van der Waals surface area (Å²) in [6.45, 7) is 7.73. The topological polar surface area (TPSA) is 43.2 Å². The molecule has 0 bridgehead atoms. The van der Waals surface area contributed by atoms with Gasteiger partial charge < -0.3 is 9.47 Å². The number of hydrogen-bond acceptors (Lipinski definition) is 4. The van der Waals surface area contributed by atoms with Crippen LogP contribution in [0.4, 0.5) is 11.4 Å². The van der Waals surface area contributed by atoms with Gasteiger partial charge in [-0.1, -0.05) is 44.4 Å². The SMILES string of the molecule is CCCCOc1ccc(N=Nc2ccc(C)cc2)c(OCCCC)c1. The number of aryl methyl sites for hydroxylation is 1. The van der Waals surface area contributed by atoms with E-state index in [0.29, 0.717) is 6.61 Å². The molecule has 0 aliphatic heterocycles. The Morgan fingerprint density at radius 2 is 1.48 bits per heavy atom. The van der Waals surface area contributed by atoms with Crippen molar-refractivity contribution in [1.82, 2.24) is 0 Å². The molecule has 0 N–H and O–H groups in total. The van der Waals surface area contributed by atoms with E-state index in [9.17, 15) is 0 Å². The maximum atomic E-state index is 5.90. The third-order valence-electron chi connectivity index (χ3n) is 3.76. The second-order valence-electron chi connectivity index (χ2n) is 6.07. The van der Waals surface area contributed by atoms with Crippen LogP contribution in [0.5, 0.6) is 11.5 Å². The average molecular weight is 340 g/mol. The second-order valence-corrected chi connectivity index (χ2v) is 6.07. The van der Waals surface area contributed by atoms with Crippen LogP contribution >= 0.6 is 0 Å². The van der Waals surface area contributed by atoms with E-state index < -0.39 is 0 Å². The molecule has 0 aliphatic rings. The number of unbranched alkanes of at least 4 members (excludes halogenated alkanes) is 2. The molecule has 0 saturated carbocycles. The molecule has 134 valence electrons. The van der Waals surface area contributed by atoms with E-state index in [4.69, 9.17) is 9.47 Å². The lowest BCUT2D eigenvalue weighted by Gasteiger charge is -2.11. The van der Waals surface area contributed by atoms with Gasteiger partial charge in [0.25, 0.3) is 0 Å². The molecule has 0 spiro atoms. The molecule has 0 amide bonds. The maximum Gasteiger partial charge on any atom is 0.150 e. The van der Waals surface area contributed by atoms with Gasteiger partial charge in [-0.3, -0.25) is 0 Å². The molecule has 4 heteroatoms. The highest BCUT2D eigenvalue weighted by molar-refractivity contribution is 5.55. The van der Waals surface area contributed by atoms with Crippen molar-refractivity contribution in [1.29, 1.82) is 0 Å². The van der Waals surface area contributed by atoms with Crippen LogP contribution in [-0.2, 0) is 0 Å². The largest absolute Gasteiger partial charge is 0.493 e. The summed E-state index contributed by atoms with van der Waals surface area (Å²) in [6, 6.07) is 13.7. The lowest BCUT2D eigenvalue weighted by atomic mass is 10.2. The second kappa shape index (κ2) is 10.5. The van der Waals surface area contributed by atoms with Crippen molar-refractivity contribution in [2.24, 2.45) is 10.2 Å². The van der Waals surface area contributed by atoms with Gasteiger partial charge in [-0.15, -0.1) is 5.11 Å². The summed E-state index contributed by atoms with van der Waals surface area (Å²) >= 11 is 0. The Bertz CT molecular complexity index is 666. The van der Waals surface area contributed by atoms with Crippen molar-refractivity contribution in [3.63, 3.8) is 0 Å². The highest BCUT2D eigenvalue weighted by Gasteiger charge is 2.06. The van der Waals surface area contributed by atoms with E-state index in [0.717, 1.165) is 55.2 Å². The molecule has 0 fully saturated rings. The van der Waals surface area contributed by atoms with Gasteiger partial charge in [0.15, 0.2) is 0 Å². The van der Waals surface area contributed by atoms with E-state index in [2.05, 4.69) is 31.0 Å². The van der Waals surface area contributed by atoms with Crippen molar-refractivity contribution in [3.05, 3.63) is 48.0 Å². The van der Waals surface area contributed by atoms with Crippen molar-refractivity contribution < 1.29 is 9.47 Å². The Labute approximate surface area is 150 Å². The molecular formula is C21H28N2O2. The lowest BCUT2D eigenvalue weighted by Crippen LogP contribution is -1.99. The van der Waals surface area contributed by atoms with Gasteiger partial charge in [-0.05, 0) is 44.0 Å². The molecule has 0 unspecified atom stereocenters. The first-order valence-electron chi connectivity index (χ1n) is 9.11. The smallest absolute Gasteiger partial charge is 0.150 e. The molecule has 0 aliphatic carbocycles. The minimum atomic E-state index is 0.669. The van der Waals surface area contributed by atoms with Crippen LogP contribution in [0.25, 0.3) is 0 Å². The molecule has 25 heavy (non-hydrogen) atoms. The normalized spacial score (nSPS) is 11.0. The highest BCUT2D eigenvalue weighted by Crippen LogP contribution is 2.33. The van der Waals surface area contributed by atoms with Crippen molar-refractivity contribution in [2.75, 3.05) is 13.2 Å². The number of ether oxygens (including phenoxy) is 2. The van der Waals surface area contributed by atoms with Gasteiger partial charge in [0.1, 0.15) is 17.2 Å². The molecule has 2 aromatic carbocycles. The first kappa shape index (κ1) is 19.0. The minimum absolute atomic E-state index is 0.669. The minimum Gasteiger partial charge on any atom is -0.493 e. The van der Waals surface area contributed by atoms with E-state index >= 15 is 0 Å². The number of rotatable bonds is 10. The lowest BCUT2D eigenvalue weighted by molar-refractivity contribution is 0.295. The van der Waals surface area contributed by atoms with Gasteiger partial charge in [0, 0.05) is 6.07 Å². The van der Waals surface area contributed by atoms with Crippen LogP contribution in [-0.4, -0.2) is 13.2 Å². The van der Waals surface area contributed by atoms with Crippen LogP contribution in [0.15, 0.2) is 52.7 Å². The Morgan fingerprint density at radius 3 is 2.16 bits per heavy atom. The number of benzene rings is 2. The molecule has 0 saturated heterocycles. The van der Waals surface area contributed by atoms with Crippen LogP contribution in [0.1, 0.15) is 45.1 Å². The predicted molar refractivity (Wildman–Crippen MR) is 103 cm³/mol. The Kier molecular flexibility index (Phi) is 7.96. The first-order chi connectivity index (χ1) is 12.2. The first-order valence-corrected chi connectivity index (χ1v) is 9.11. The van der Waals surface area contributed by atoms with Gasteiger partial charge in [0.05, 0.1) is 18.9 Å². The molecule has 0 radical (unpaired) electrons. The van der Waals surface area contributed by atoms with E-state index in [1.54, 1.807) is 0 Å². The zero-order valence-electron chi connectivity index (χ0n) is 15.5. The Hall–Kier alpha value is -2.36. The highest BCUT2D eigenvalue weighted by atomic mass is 16.5. The average Bonchev–Trinajstić information content (AvgIpc) is 2.63. The van der Waals surface area contributed by atoms with Gasteiger partial charge in [0.2, 0.25) is 0 Å². The van der Waals surface area contributed by atoms with Crippen molar-refractivity contribution >= 4 is 11.4 Å². The summed E-state index contributed by atoms with van der Waals surface area (Å²) in [7, 11) is 0. The Balaban J connectivity index is 2.14. The third kappa shape index (κ3) is 6.57. The van der Waals surface area contributed by atoms with Gasteiger partial charge in [-0.2, -0.15) is 5.11 Å². The molecule has 0 atom stereocenters. The summed E-state index contributed by atoms with van der Waals surface area (Å²) in [5.41, 5.74) is 2.75. The molecule has 2 rings (SSSR count). The van der Waals surface area contributed by atoms with E-state index in [-0.39, 0.29) is 0 Å². The van der Waals surface area contributed by atoms with Crippen molar-refractivity contribution in [2.45, 2.75) is 46.5 Å². The van der Waals surface area contributed by atoms with E-state index in [1.165, 1.54) is 5.56 Å². The molecule has 2 aromatic rings. The van der Waals surface area contributed by atoms with Crippen LogP contribution in [0, 0.1) is 6.92 Å². The van der Waals surface area contributed by atoms with Crippen LogP contribution < -0.4 is 9.47 Å². The quantitative estimate of drug-likeness (QED) is 0.354. The fourth-order valence-corrected chi connectivity index (χ4v) is 2.17. The van der Waals surface area contributed by atoms with Crippen molar-refractivity contribution in [3.8, 4) is 11.5 Å². The zero-order chi connectivity index (χ0) is 17.9. The predicted octanol–water partition coefficient (Wildman–Crippen LogP) is 6.77. The standard InChI is InChI=1S/C21H28N2O2/c1-4-6-14-24-19-12-13-20(21(16-19)25-15-7-5-2)23-22-18-10-8-17(3)9-11-18/h8-13,16H,4-7,14-15H2,1-3H3. The van der Waals surface area contributed by atoms with E-state index in [1.807, 2.05) is 42.5 Å². The number of azo groups is 1. The number of hydrogen-bond donors (Lipinski definition) is 0. The van der Waals surface area contributed by atoms with Crippen LogP contribution in [0.2, 0.25) is 0 Å². The zero-order valence-corrected chi connectivity index (χ0v) is 15.5. The molecule has 4 nitrogen and oxygen atoms in total. The summed E-state index contributed by atoms with van der Waals surface area (Å²) in [5.74, 6) is 1.53. The number of nitrogens with zero attached hydrogens (tertiary/aromatic N) is 2. The van der Waals surface area contributed by atoms with Gasteiger partial charge in [-0.25, -0.2) is 0 Å². The summed E-state index contributed by atoms with van der Waals surface area (Å²) in [6.07, 6.45) is 4.26. The van der Waals surface area contributed by atoms with Crippen LogP contribution in [0.3, 0.4) is 0 Å². The summed E-state index contributed by atoms with van der Waals surface area (Å²) < 4.78 is 11.7. The van der Waals surface area contributed by atoms with Gasteiger partial charge >= 0.3 is 0 Å². The summed E-state index contributed by atoms with van der Waals surface area (Å²) in [5, 5.41) is 8.68. The molecule has 0 aromatic heterocycles. The molecular weight excluding hydrogens is 312 g/mol. The summed E-state index contributed by atoms with van der Waals surface area (Å²) in [4.78, 5) is 0. The maximum absolute atomic E-state index is 5.90. The third-order valence-corrected chi connectivity index (χ3v) is 3.76. The fraction of sp³-hybridized carbons (Fsp3) is 0.429.